The first-order valence-corrected chi connectivity index (χ1v) is 9.27. The van der Waals surface area contributed by atoms with Crippen LogP contribution in [0.4, 0.5) is 0 Å². The molecule has 0 aliphatic carbocycles. The van der Waals surface area contributed by atoms with Gasteiger partial charge in [-0.2, -0.15) is 4.31 Å². The molecule has 2 rings (SSSR count). The van der Waals surface area contributed by atoms with Gasteiger partial charge in [-0.1, -0.05) is 15.9 Å². The standard InChI is InChI=1S/C13H17Br2NO3S/c1-9-7-16(8-13(2,3)19-9)20(17,18)12-5-4-10(14)6-11(12)15/h4-6,9H,7-8H2,1-3H3. The van der Waals surface area contributed by atoms with Gasteiger partial charge in [-0.05, 0) is 54.9 Å². The molecule has 0 N–H and O–H groups in total. The number of benzene rings is 1. The number of ether oxygens (including phenoxy) is 1. The summed E-state index contributed by atoms with van der Waals surface area (Å²) in [4.78, 5) is 0.283. The second kappa shape index (κ2) is 5.68. The molecule has 0 spiro atoms. The van der Waals surface area contributed by atoms with Crippen molar-refractivity contribution < 1.29 is 13.2 Å². The van der Waals surface area contributed by atoms with Crippen molar-refractivity contribution in [3.05, 3.63) is 27.1 Å². The second-order valence-electron chi connectivity index (χ2n) is 5.56. The molecule has 1 aliphatic heterocycles. The zero-order chi connectivity index (χ0) is 15.1. The molecule has 0 saturated carbocycles. The molecule has 4 nitrogen and oxygen atoms in total. The van der Waals surface area contributed by atoms with Crippen LogP contribution in [0.15, 0.2) is 32.0 Å². The lowest BCUT2D eigenvalue weighted by Gasteiger charge is -2.40. The number of rotatable bonds is 2. The minimum atomic E-state index is -3.53. The van der Waals surface area contributed by atoms with Gasteiger partial charge in [0.15, 0.2) is 0 Å². The Morgan fingerprint density at radius 2 is 2.00 bits per heavy atom. The zero-order valence-electron chi connectivity index (χ0n) is 11.6. The third kappa shape index (κ3) is 3.44. The Hall–Kier alpha value is 0.0500. The molecule has 20 heavy (non-hydrogen) atoms. The largest absolute Gasteiger partial charge is 0.370 e. The molecule has 1 unspecified atom stereocenters. The molecular weight excluding hydrogens is 410 g/mol. The zero-order valence-corrected chi connectivity index (χ0v) is 15.5. The number of hydrogen-bond acceptors (Lipinski definition) is 3. The summed E-state index contributed by atoms with van der Waals surface area (Å²) in [6.45, 7) is 6.42. The molecule has 0 radical (unpaired) electrons. The fraction of sp³-hybridized carbons (Fsp3) is 0.538. The van der Waals surface area contributed by atoms with Crippen LogP contribution in [0.1, 0.15) is 20.8 Å². The minimum Gasteiger partial charge on any atom is -0.370 e. The van der Waals surface area contributed by atoms with Gasteiger partial charge in [0.25, 0.3) is 0 Å². The topological polar surface area (TPSA) is 46.6 Å². The van der Waals surface area contributed by atoms with E-state index in [0.29, 0.717) is 17.6 Å². The Balaban J connectivity index is 2.39. The predicted octanol–water partition coefficient (Wildman–Crippen LogP) is 3.40. The number of nitrogens with zero attached hydrogens (tertiary/aromatic N) is 1. The lowest BCUT2D eigenvalue weighted by atomic mass is 10.1. The van der Waals surface area contributed by atoms with E-state index >= 15 is 0 Å². The first kappa shape index (κ1) is 16.4. The van der Waals surface area contributed by atoms with Gasteiger partial charge < -0.3 is 4.74 Å². The van der Waals surface area contributed by atoms with E-state index in [9.17, 15) is 8.42 Å². The van der Waals surface area contributed by atoms with Gasteiger partial charge >= 0.3 is 0 Å². The van der Waals surface area contributed by atoms with Crippen molar-refractivity contribution in [1.82, 2.24) is 4.31 Å². The maximum absolute atomic E-state index is 12.8. The van der Waals surface area contributed by atoms with E-state index < -0.39 is 15.6 Å². The van der Waals surface area contributed by atoms with Crippen LogP contribution < -0.4 is 0 Å². The summed E-state index contributed by atoms with van der Waals surface area (Å²) >= 11 is 6.65. The summed E-state index contributed by atoms with van der Waals surface area (Å²) < 4.78 is 34.2. The molecule has 1 atom stereocenters. The number of halogens is 2. The van der Waals surface area contributed by atoms with Crippen LogP contribution in [-0.4, -0.2) is 37.5 Å². The molecule has 7 heteroatoms. The molecule has 1 saturated heterocycles. The molecule has 0 amide bonds. The summed E-state index contributed by atoms with van der Waals surface area (Å²) in [5.41, 5.74) is -0.480. The first-order chi connectivity index (χ1) is 9.12. The highest BCUT2D eigenvalue weighted by molar-refractivity contribution is 9.11. The summed E-state index contributed by atoms with van der Waals surface area (Å²) in [6, 6.07) is 5.07. The van der Waals surface area contributed by atoms with Crippen LogP contribution in [0, 0.1) is 0 Å². The summed E-state index contributed by atoms with van der Waals surface area (Å²) in [6.07, 6.45) is -0.122. The summed E-state index contributed by atoms with van der Waals surface area (Å²) in [5.74, 6) is 0. The van der Waals surface area contributed by atoms with Gasteiger partial charge in [0, 0.05) is 22.0 Å². The SMILES string of the molecule is CC1CN(S(=O)(=O)c2ccc(Br)cc2Br)CC(C)(C)O1. The molecule has 1 aliphatic rings. The monoisotopic (exact) mass is 425 g/mol. The Kier molecular flexibility index (Phi) is 4.67. The maximum Gasteiger partial charge on any atom is 0.244 e. The van der Waals surface area contributed by atoms with E-state index in [2.05, 4.69) is 31.9 Å². The van der Waals surface area contributed by atoms with Gasteiger partial charge in [0.05, 0.1) is 16.6 Å². The Morgan fingerprint density at radius 1 is 1.35 bits per heavy atom. The first-order valence-electron chi connectivity index (χ1n) is 6.25. The smallest absolute Gasteiger partial charge is 0.244 e. The van der Waals surface area contributed by atoms with E-state index in [4.69, 9.17) is 4.74 Å². The second-order valence-corrected chi connectivity index (χ2v) is 9.24. The van der Waals surface area contributed by atoms with Crippen LogP contribution in [-0.2, 0) is 14.8 Å². The quantitative estimate of drug-likeness (QED) is 0.727. The van der Waals surface area contributed by atoms with Crippen LogP contribution in [0.25, 0.3) is 0 Å². The average Bonchev–Trinajstić information content (AvgIpc) is 2.25. The fourth-order valence-corrected chi connectivity index (χ4v) is 5.77. The van der Waals surface area contributed by atoms with Crippen molar-refractivity contribution >= 4 is 41.9 Å². The summed E-state index contributed by atoms with van der Waals surface area (Å²) in [7, 11) is -3.53. The van der Waals surface area contributed by atoms with Gasteiger partial charge in [0.1, 0.15) is 0 Å². The van der Waals surface area contributed by atoms with Crippen molar-refractivity contribution in [1.29, 1.82) is 0 Å². The van der Waals surface area contributed by atoms with Crippen molar-refractivity contribution in [2.75, 3.05) is 13.1 Å². The Morgan fingerprint density at radius 3 is 2.55 bits per heavy atom. The van der Waals surface area contributed by atoms with Crippen LogP contribution in [0.2, 0.25) is 0 Å². The van der Waals surface area contributed by atoms with Gasteiger partial charge in [-0.25, -0.2) is 8.42 Å². The van der Waals surface area contributed by atoms with Crippen molar-refractivity contribution in [2.45, 2.75) is 37.4 Å². The molecule has 0 bridgehead atoms. The van der Waals surface area contributed by atoms with Crippen molar-refractivity contribution in [3.63, 3.8) is 0 Å². The highest BCUT2D eigenvalue weighted by atomic mass is 79.9. The Labute approximate surface area is 136 Å². The number of sulfonamides is 1. The van der Waals surface area contributed by atoms with Crippen LogP contribution in [0.5, 0.6) is 0 Å². The molecule has 1 aromatic carbocycles. The van der Waals surface area contributed by atoms with Crippen molar-refractivity contribution in [2.24, 2.45) is 0 Å². The lowest BCUT2D eigenvalue weighted by Crippen LogP contribution is -2.53. The van der Waals surface area contributed by atoms with Gasteiger partial charge in [-0.3, -0.25) is 0 Å². The maximum atomic E-state index is 12.8. The van der Waals surface area contributed by atoms with E-state index in [1.165, 1.54) is 4.31 Å². The van der Waals surface area contributed by atoms with E-state index in [1.54, 1.807) is 18.2 Å². The van der Waals surface area contributed by atoms with E-state index in [0.717, 1.165) is 4.47 Å². The predicted molar refractivity (Wildman–Crippen MR) is 85.2 cm³/mol. The molecule has 1 fully saturated rings. The third-order valence-corrected chi connectivity index (χ3v) is 6.33. The number of morpholine rings is 1. The van der Waals surface area contributed by atoms with Crippen LogP contribution in [0.3, 0.4) is 0 Å². The molecular formula is C13H17Br2NO3S. The fourth-order valence-electron chi connectivity index (χ4n) is 2.40. The lowest BCUT2D eigenvalue weighted by molar-refractivity contribution is -0.109. The highest BCUT2D eigenvalue weighted by Crippen LogP contribution is 2.31. The number of hydrogen-bond donors (Lipinski definition) is 0. The molecule has 0 aromatic heterocycles. The highest BCUT2D eigenvalue weighted by Gasteiger charge is 2.38. The summed E-state index contributed by atoms with van der Waals surface area (Å²) in [5, 5.41) is 0. The normalized spacial score (nSPS) is 23.8. The molecule has 1 aromatic rings. The van der Waals surface area contributed by atoms with E-state index in [1.807, 2.05) is 20.8 Å². The van der Waals surface area contributed by atoms with Gasteiger partial charge in [0.2, 0.25) is 10.0 Å². The molecule has 112 valence electrons. The van der Waals surface area contributed by atoms with E-state index in [-0.39, 0.29) is 11.0 Å². The molecule has 1 heterocycles. The Bertz CT molecular complexity index is 616. The minimum absolute atomic E-state index is 0.122. The van der Waals surface area contributed by atoms with Gasteiger partial charge in [-0.15, -0.1) is 0 Å². The van der Waals surface area contributed by atoms with Crippen molar-refractivity contribution in [3.8, 4) is 0 Å². The third-order valence-electron chi connectivity index (χ3n) is 3.05. The van der Waals surface area contributed by atoms with Crippen LogP contribution >= 0.6 is 31.9 Å². The average molecular weight is 427 g/mol.